The number of carbonyl (C=O) groups excluding carboxylic acids is 2. The average Bonchev–Trinajstić information content (AvgIpc) is 2.83. The van der Waals surface area contributed by atoms with Gasteiger partial charge in [-0.05, 0) is 43.9 Å². The minimum absolute atomic E-state index is 0.0794. The number of hydrogen-bond donors (Lipinski definition) is 1. The summed E-state index contributed by atoms with van der Waals surface area (Å²) in [6.45, 7) is 1.27. The maximum atomic E-state index is 14.4. The van der Waals surface area contributed by atoms with Crippen LogP contribution in [0.4, 0.5) is 10.1 Å². The molecule has 190 valence electrons. The fourth-order valence-corrected chi connectivity index (χ4v) is 5.24. The van der Waals surface area contributed by atoms with E-state index >= 15 is 0 Å². The van der Waals surface area contributed by atoms with Crippen molar-refractivity contribution in [3.63, 3.8) is 0 Å². The Bertz CT molecular complexity index is 1100. The van der Waals surface area contributed by atoms with E-state index in [4.69, 9.17) is 0 Å². The number of rotatable bonds is 10. The van der Waals surface area contributed by atoms with Crippen molar-refractivity contribution in [1.29, 1.82) is 0 Å². The molecule has 9 heteroatoms. The van der Waals surface area contributed by atoms with Crippen molar-refractivity contribution in [2.75, 3.05) is 23.7 Å². The quantitative estimate of drug-likeness (QED) is 0.538. The van der Waals surface area contributed by atoms with E-state index in [1.807, 2.05) is 30.3 Å². The molecule has 0 aliphatic heterocycles. The van der Waals surface area contributed by atoms with E-state index in [0.717, 1.165) is 54.3 Å². The Labute approximate surface area is 207 Å². The molecule has 35 heavy (non-hydrogen) atoms. The summed E-state index contributed by atoms with van der Waals surface area (Å²) in [7, 11) is -3.96. The molecule has 0 unspecified atom stereocenters. The van der Waals surface area contributed by atoms with Crippen LogP contribution in [0.5, 0.6) is 0 Å². The van der Waals surface area contributed by atoms with E-state index < -0.39 is 34.3 Å². The van der Waals surface area contributed by atoms with Gasteiger partial charge in [0.25, 0.3) is 0 Å². The second kappa shape index (κ2) is 12.2. The summed E-state index contributed by atoms with van der Waals surface area (Å²) in [4.78, 5) is 27.9. The van der Waals surface area contributed by atoms with E-state index in [1.54, 1.807) is 6.92 Å². The van der Waals surface area contributed by atoms with E-state index in [2.05, 4.69) is 5.32 Å². The van der Waals surface area contributed by atoms with Gasteiger partial charge in [-0.25, -0.2) is 12.8 Å². The van der Waals surface area contributed by atoms with Crippen LogP contribution in [0.3, 0.4) is 0 Å². The molecule has 3 rings (SSSR count). The lowest BCUT2D eigenvalue weighted by Gasteiger charge is -2.33. The summed E-state index contributed by atoms with van der Waals surface area (Å²) in [6, 6.07) is 14.2. The molecule has 0 saturated heterocycles. The molecule has 0 aromatic heterocycles. The molecule has 1 N–H and O–H groups in total. The monoisotopic (exact) mass is 503 g/mol. The molecule has 7 nitrogen and oxygen atoms in total. The number of carbonyl (C=O) groups is 2. The zero-order valence-electron chi connectivity index (χ0n) is 20.3. The average molecular weight is 504 g/mol. The summed E-state index contributed by atoms with van der Waals surface area (Å²) >= 11 is 0. The van der Waals surface area contributed by atoms with Gasteiger partial charge in [0.05, 0.1) is 11.9 Å². The second-order valence-corrected chi connectivity index (χ2v) is 11.0. The van der Waals surface area contributed by atoms with Crippen LogP contribution in [0.25, 0.3) is 0 Å². The Morgan fingerprint density at radius 2 is 1.66 bits per heavy atom. The number of nitrogens with zero attached hydrogens (tertiary/aromatic N) is 2. The highest BCUT2D eigenvalue weighted by Crippen LogP contribution is 2.22. The van der Waals surface area contributed by atoms with Crippen molar-refractivity contribution >= 4 is 27.5 Å². The largest absolute Gasteiger partial charge is 0.352 e. The van der Waals surface area contributed by atoms with Crippen LogP contribution in [0, 0.1) is 5.82 Å². The number of benzene rings is 2. The molecule has 1 saturated carbocycles. The van der Waals surface area contributed by atoms with E-state index in [9.17, 15) is 22.4 Å². The van der Waals surface area contributed by atoms with Crippen LogP contribution < -0.4 is 9.62 Å². The lowest BCUT2D eigenvalue weighted by molar-refractivity contribution is -0.139. The second-order valence-electron chi connectivity index (χ2n) is 9.06. The zero-order chi connectivity index (χ0) is 25.4. The topological polar surface area (TPSA) is 86.8 Å². The first kappa shape index (κ1) is 26.7. The van der Waals surface area contributed by atoms with Crippen molar-refractivity contribution in [3.8, 4) is 0 Å². The third-order valence-corrected chi connectivity index (χ3v) is 7.53. The third kappa shape index (κ3) is 7.52. The molecule has 0 bridgehead atoms. The Hall–Kier alpha value is -2.94. The van der Waals surface area contributed by atoms with Crippen LogP contribution in [0.1, 0.15) is 44.6 Å². The van der Waals surface area contributed by atoms with Crippen molar-refractivity contribution in [3.05, 3.63) is 66.0 Å². The highest BCUT2D eigenvalue weighted by Gasteiger charge is 2.31. The molecule has 2 aromatic carbocycles. The summed E-state index contributed by atoms with van der Waals surface area (Å²) in [6.07, 6.45) is 6.51. The van der Waals surface area contributed by atoms with Gasteiger partial charge < -0.3 is 10.2 Å². The summed E-state index contributed by atoms with van der Waals surface area (Å²) in [5.74, 6) is -1.58. The number of sulfonamides is 1. The third-order valence-electron chi connectivity index (χ3n) is 6.40. The predicted molar refractivity (Wildman–Crippen MR) is 135 cm³/mol. The Morgan fingerprint density at radius 3 is 2.29 bits per heavy atom. The van der Waals surface area contributed by atoms with Crippen molar-refractivity contribution in [1.82, 2.24) is 10.2 Å². The predicted octanol–water partition coefficient (Wildman–Crippen LogP) is 3.50. The van der Waals surface area contributed by atoms with Crippen molar-refractivity contribution < 1.29 is 22.4 Å². The number of anilines is 1. The standard InChI is InChI=1S/C26H34FN3O4S/c1-20(26(32)28-22-13-7-4-8-14-22)29(18-17-21-11-5-3-6-12-21)25(31)19-30(35(2,33)34)24-16-10-9-15-23(24)27/h3,5-6,9-12,15-16,20,22H,4,7-8,13-14,17-19H2,1-2H3,(H,28,32)/t20-/m1/s1. The molecular formula is C26H34FN3O4S. The van der Waals surface area contributed by atoms with Gasteiger partial charge in [0.1, 0.15) is 18.4 Å². The maximum Gasteiger partial charge on any atom is 0.244 e. The van der Waals surface area contributed by atoms with E-state index in [-0.39, 0.29) is 24.2 Å². The normalized spacial score (nSPS) is 15.3. The highest BCUT2D eigenvalue weighted by atomic mass is 32.2. The lowest BCUT2D eigenvalue weighted by atomic mass is 9.95. The van der Waals surface area contributed by atoms with Crippen LogP contribution >= 0.6 is 0 Å². The molecule has 1 aliphatic carbocycles. The molecule has 0 radical (unpaired) electrons. The van der Waals surface area contributed by atoms with Gasteiger partial charge in [-0.15, -0.1) is 0 Å². The first-order valence-electron chi connectivity index (χ1n) is 12.0. The maximum absolute atomic E-state index is 14.4. The van der Waals surface area contributed by atoms with Crippen molar-refractivity contribution in [2.24, 2.45) is 0 Å². The fraction of sp³-hybridized carbons (Fsp3) is 0.462. The first-order chi connectivity index (χ1) is 16.7. The van der Waals surface area contributed by atoms with Crippen LogP contribution in [0.15, 0.2) is 54.6 Å². The Morgan fingerprint density at radius 1 is 1.03 bits per heavy atom. The summed E-state index contributed by atoms with van der Waals surface area (Å²) < 4.78 is 40.2. The molecule has 2 amide bonds. The molecule has 2 aromatic rings. The van der Waals surface area contributed by atoms with Crippen LogP contribution in [-0.2, 0) is 26.0 Å². The van der Waals surface area contributed by atoms with Crippen molar-refractivity contribution in [2.45, 2.75) is 57.5 Å². The highest BCUT2D eigenvalue weighted by molar-refractivity contribution is 7.92. The minimum atomic E-state index is -3.96. The first-order valence-corrected chi connectivity index (χ1v) is 13.9. The molecule has 1 aliphatic rings. The number of nitrogens with one attached hydrogen (secondary N) is 1. The van der Waals surface area contributed by atoms with Gasteiger partial charge in [0.15, 0.2) is 0 Å². The van der Waals surface area contributed by atoms with Crippen LogP contribution in [0.2, 0.25) is 0 Å². The molecule has 0 spiro atoms. The number of hydrogen-bond acceptors (Lipinski definition) is 4. The Balaban J connectivity index is 1.82. The van der Waals surface area contributed by atoms with Gasteiger partial charge in [0.2, 0.25) is 21.8 Å². The molecule has 1 fully saturated rings. The van der Waals surface area contributed by atoms with Gasteiger partial charge >= 0.3 is 0 Å². The number of para-hydroxylation sites is 1. The van der Waals surface area contributed by atoms with Gasteiger partial charge in [-0.2, -0.15) is 0 Å². The van der Waals surface area contributed by atoms with E-state index in [0.29, 0.717) is 6.42 Å². The van der Waals surface area contributed by atoms with Crippen LogP contribution in [-0.4, -0.2) is 56.6 Å². The van der Waals surface area contributed by atoms with E-state index in [1.165, 1.54) is 23.1 Å². The SMILES string of the molecule is C[C@H](C(=O)NC1CCCCC1)N(CCc1ccccc1)C(=O)CN(c1ccccc1F)S(C)(=O)=O. The lowest BCUT2D eigenvalue weighted by Crippen LogP contribution is -2.53. The van der Waals surface area contributed by atoms with Gasteiger partial charge in [-0.1, -0.05) is 61.7 Å². The summed E-state index contributed by atoms with van der Waals surface area (Å²) in [5.41, 5.74) is 0.782. The minimum Gasteiger partial charge on any atom is -0.352 e. The summed E-state index contributed by atoms with van der Waals surface area (Å²) in [5, 5.41) is 3.05. The van der Waals surface area contributed by atoms with Gasteiger partial charge in [0, 0.05) is 12.6 Å². The van der Waals surface area contributed by atoms with Gasteiger partial charge in [-0.3, -0.25) is 13.9 Å². The number of amides is 2. The molecule has 0 heterocycles. The Kier molecular flexibility index (Phi) is 9.26. The fourth-order valence-electron chi connectivity index (χ4n) is 4.39. The molecular weight excluding hydrogens is 469 g/mol. The number of halogens is 1. The smallest absolute Gasteiger partial charge is 0.244 e. The zero-order valence-corrected chi connectivity index (χ0v) is 21.1. The molecule has 1 atom stereocenters.